The van der Waals surface area contributed by atoms with E-state index in [1.165, 1.54) is 16.5 Å². The van der Waals surface area contributed by atoms with Gasteiger partial charge in [-0.05, 0) is 49.6 Å². The van der Waals surface area contributed by atoms with E-state index in [1.807, 2.05) is 0 Å². The molecule has 9 heteroatoms. The van der Waals surface area contributed by atoms with Gasteiger partial charge in [0.25, 0.3) is 5.91 Å². The van der Waals surface area contributed by atoms with Gasteiger partial charge in [-0.1, -0.05) is 6.07 Å². The highest BCUT2D eigenvalue weighted by molar-refractivity contribution is 5.94. The Bertz CT molecular complexity index is 1080. The molecule has 1 atom stereocenters. The molecule has 1 aliphatic heterocycles. The number of nitrogens with zero attached hydrogens (tertiary/aromatic N) is 4. The highest BCUT2D eigenvalue weighted by Crippen LogP contribution is 2.31. The minimum Gasteiger partial charge on any atom is -0.338 e. The second-order valence-electron chi connectivity index (χ2n) is 7.26. The summed E-state index contributed by atoms with van der Waals surface area (Å²) in [5, 5.41) is 8.04. The Morgan fingerprint density at radius 1 is 1.17 bits per heavy atom. The molecule has 3 aromatic rings. The zero-order chi connectivity index (χ0) is 20.8. The van der Waals surface area contributed by atoms with Crippen molar-refractivity contribution in [3.63, 3.8) is 0 Å². The number of benzene rings is 1. The van der Waals surface area contributed by atoms with Crippen LogP contribution in [0.4, 0.5) is 17.6 Å². The van der Waals surface area contributed by atoms with Gasteiger partial charge in [0.1, 0.15) is 11.6 Å². The number of aryl methyl sites for hydroxylation is 1. The Kier molecular flexibility index (Phi) is 4.76. The fourth-order valence-electron chi connectivity index (χ4n) is 3.64. The van der Waals surface area contributed by atoms with Gasteiger partial charge in [0, 0.05) is 30.8 Å². The minimum atomic E-state index is -4.47. The fourth-order valence-corrected chi connectivity index (χ4v) is 3.64. The zero-order valence-electron chi connectivity index (χ0n) is 15.6. The Morgan fingerprint density at radius 2 is 1.97 bits per heavy atom. The van der Waals surface area contributed by atoms with Crippen LogP contribution in [0.2, 0.25) is 0 Å². The standard InChI is InChI=1S/C20H18F4N4O/c1-12-4-5-13(9-16(12)21)19(29)27-8-2-3-14(10-27)18-26-25-17-7-6-15(11-28(17)18)20(22,23)24/h4-7,9,11,14H,2-3,8,10H2,1H3. The molecule has 1 amide bonds. The molecule has 5 nitrogen and oxygen atoms in total. The van der Waals surface area contributed by atoms with Crippen molar-refractivity contribution in [2.24, 2.45) is 0 Å². The largest absolute Gasteiger partial charge is 0.417 e. The summed E-state index contributed by atoms with van der Waals surface area (Å²) >= 11 is 0. The van der Waals surface area contributed by atoms with E-state index in [2.05, 4.69) is 10.2 Å². The van der Waals surface area contributed by atoms with Crippen LogP contribution in [0.3, 0.4) is 0 Å². The van der Waals surface area contributed by atoms with Gasteiger partial charge in [-0.15, -0.1) is 10.2 Å². The summed E-state index contributed by atoms with van der Waals surface area (Å²) in [5.74, 6) is -0.633. The van der Waals surface area contributed by atoms with Crippen LogP contribution in [0.25, 0.3) is 5.65 Å². The number of piperidine rings is 1. The lowest BCUT2D eigenvalue weighted by molar-refractivity contribution is -0.137. The lowest BCUT2D eigenvalue weighted by Crippen LogP contribution is -2.39. The Hall–Kier alpha value is -2.97. The van der Waals surface area contributed by atoms with Crippen LogP contribution >= 0.6 is 0 Å². The molecule has 0 saturated carbocycles. The van der Waals surface area contributed by atoms with Crippen LogP contribution in [0.15, 0.2) is 36.5 Å². The number of pyridine rings is 1. The predicted molar refractivity (Wildman–Crippen MR) is 97.0 cm³/mol. The number of likely N-dealkylation sites (tertiary alicyclic amines) is 1. The average molecular weight is 406 g/mol. The maximum absolute atomic E-state index is 13.8. The van der Waals surface area contributed by atoms with Crippen molar-refractivity contribution in [2.75, 3.05) is 13.1 Å². The topological polar surface area (TPSA) is 50.5 Å². The Labute approximate surface area is 164 Å². The molecule has 1 fully saturated rings. The summed E-state index contributed by atoms with van der Waals surface area (Å²) in [6.07, 6.45) is -2.15. The van der Waals surface area contributed by atoms with Crippen molar-refractivity contribution >= 4 is 11.6 Å². The lowest BCUT2D eigenvalue weighted by atomic mass is 9.96. The minimum absolute atomic E-state index is 0.249. The number of aromatic nitrogens is 3. The molecule has 0 aliphatic carbocycles. The van der Waals surface area contributed by atoms with Crippen molar-refractivity contribution in [1.82, 2.24) is 19.5 Å². The molecule has 0 radical (unpaired) electrons. The summed E-state index contributed by atoms with van der Waals surface area (Å²) in [6.45, 7) is 2.40. The number of carbonyl (C=O) groups excluding carboxylic acids is 1. The average Bonchev–Trinajstić information content (AvgIpc) is 3.12. The van der Waals surface area contributed by atoms with E-state index in [0.29, 0.717) is 36.4 Å². The maximum Gasteiger partial charge on any atom is 0.417 e. The molecule has 1 saturated heterocycles. The monoisotopic (exact) mass is 406 g/mol. The summed E-state index contributed by atoms with van der Waals surface area (Å²) < 4.78 is 54.4. The lowest BCUT2D eigenvalue weighted by Gasteiger charge is -2.32. The molecule has 29 heavy (non-hydrogen) atoms. The molecule has 152 valence electrons. The number of fused-ring (bicyclic) bond motifs is 1. The second-order valence-corrected chi connectivity index (χ2v) is 7.26. The third-order valence-electron chi connectivity index (χ3n) is 5.25. The summed E-state index contributed by atoms with van der Waals surface area (Å²) in [4.78, 5) is 14.4. The number of rotatable bonds is 2. The third-order valence-corrected chi connectivity index (χ3v) is 5.25. The van der Waals surface area contributed by atoms with Crippen molar-refractivity contribution in [3.8, 4) is 0 Å². The van der Waals surface area contributed by atoms with Crippen molar-refractivity contribution in [2.45, 2.75) is 31.9 Å². The Balaban J connectivity index is 1.61. The van der Waals surface area contributed by atoms with Gasteiger partial charge in [-0.25, -0.2) is 4.39 Å². The molecular formula is C20H18F4N4O. The summed E-state index contributed by atoms with van der Waals surface area (Å²) in [5.41, 5.74) is 0.231. The van der Waals surface area contributed by atoms with Crippen molar-refractivity contribution in [3.05, 3.63) is 64.9 Å². The molecule has 2 aromatic heterocycles. The van der Waals surface area contributed by atoms with E-state index in [9.17, 15) is 22.4 Å². The van der Waals surface area contributed by atoms with E-state index in [4.69, 9.17) is 0 Å². The molecule has 1 aliphatic rings. The predicted octanol–water partition coefficient (Wildman–Crippen LogP) is 4.22. The smallest absolute Gasteiger partial charge is 0.338 e. The first kappa shape index (κ1) is 19.4. The van der Waals surface area contributed by atoms with Gasteiger partial charge >= 0.3 is 6.18 Å². The highest BCUT2D eigenvalue weighted by atomic mass is 19.4. The van der Waals surface area contributed by atoms with Crippen molar-refractivity contribution < 1.29 is 22.4 Å². The van der Waals surface area contributed by atoms with Crippen LogP contribution in [0, 0.1) is 12.7 Å². The number of carbonyl (C=O) groups is 1. The van der Waals surface area contributed by atoms with E-state index in [0.717, 1.165) is 12.3 Å². The van der Waals surface area contributed by atoms with E-state index in [1.54, 1.807) is 24.0 Å². The first-order valence-corrected chi connectivity index (χ1v) is 9.21. The molecule has 0 bridgehead atoms. The molecule has 0 N–H and O–H groups in total. The van der Waals surface area contributed by atoms with Gasteiger partial charge in [-0.2, -0.15) is 13.2 Å². The molecule has 1 unspecified atom stereocenters. The SMILES string of the molecule is Cc1ccc(C(=O)N2CCCC(c3nnc4ccc(C(F)(F)F)cn34)C2)cc1F. The number of hydrogen-bond donors (Lipinski definition) is 0. The van der Waals surface area contributed by atoms with Crippen LogP contribution < -0.4 is 0 Å². The van der Waals surface area contributed by atoms with Crippen LogP contribution in [0.5, 0.6) is 0 Å². The highest BCUT2D eigenvalue weighted by Gasteiger charge is 2.33. The number of halogens is 4. The fraction of sp³-hybridized carbons (Fsp3) is 0.350. The van der Waals surface area contributed by atoms with E-state index >= 15 is 0 Å². The van der Waals surface area contributed by atoms with Crippen molar-refractivity contribution in [1.29, 1.82) is 0 Å². The first-order chi connectivity index (χ1) is 13.7. The number of hydrogen-bond acceptors (Lipinski definition) is 3. The summed E-state index contributed by atoms with van der Waals surface area (Å²) in [6, 6.07) is 6.58. The van der Waals surface area contributed by atoms with Crippen LogP contribution in [0.1, 0.15) is 46.1 Å². The van der Waals surface area contributed by atoms with Gasteiger partial charge in [0.2, 0.25) is 0 Å². The van der Waals surface area contributed by atoms with E-state index < -0.39 is 17.6 Å². The first-order valence-electron chi connectivity index (χ1n) is 9.21. The molecule has 0 spiro atoms. The summed E-state index contributed by atoms with van der Waals surface area (Å²) in [7, 11) is 0. The third kappa shape index (κ3) is 3.68. The van der Waals surface area contributed by atoms with Gasteiger partial charge in [-0.3, -0.25) is 9.20 Å². The van der Waals surface area contributed by atoms with Crippen LogP contribution in [-0.4, -0.2) is 38.5 Å². The van der Waals surface area contributed by atoms with E-state index in [-0.39, 0.29) is 23.9 Å². The molecule has 4 rings (SSSR count). The van der Waals surface area contributed by atoms with Crippen LogP contribution in [-0.2, 0) is 6.18 Å². The number of alkyl halides is 3. The molecule has 3 heterocycles. The Morgan fingerprint density at radius 3 is 2.69 bits per heavy atom. The molecule has 1 aromatic carbocycles. The van der Waals surface area contributed by atoms with Gasteiger partial charge in [0.05, 0.1) is 5.56 Å². The molecular weight excluding hydrogens is 388 g/mol. The zero-order valence-corrected chi connectivity index (χ0v) is 15.6. The normalized spacial score (nSPS) is 17.7. The quantitative estimate of drug-likeness (QED) is 0.599. The maximum atomic E-state index is 13.8. The van der Waals surface area contributed by atoms with Gasteiger partial charge < -0.3 is 4.90 Å². The van der Waals surface area contributed by atoms with Gasteiger partial charge in [0.15, 0.2) is 5.65 Å². The second kappa shape index (κ2) is 7.13. The number of amides is 1.